The third kappa shape index (κ3) is 5.07. The first kappa shape index (κ1) is 21.6. The highest BCUT2D eigenvalue weighted by Gasteiger charge is 2.25. The second-order valence-corrected chi connectivity index (χ2v) is 6.94. The predicted octanol–water partition coefficient (Wildman–Crippen LogP) is 2.03. The average molecular weight is 415 g/mol. The van der Waals surface area contributed by atoms with Crippen molar-refractivity contribution in [1.82, 2.24) is 15.1 Å². The van der Waals surface area contributed by atoms with E-state index in [1.54, 1.807) is 30.2 Å². The van der Waals surface area contributed by atoms with Crippen LogP contribution in [0.1, 0.15) is 20.7 Å². The number of hydrogen-bond acceptors (Lipinski definition) is 5. The van der Waals surface area contributed by atoms with Gasteiger partial charge in [-0.25, -0.2) is 4.39 Å². The molecule has 7 nitrogen and oxygen atoms in total. The zero-order valence-corrected chi connectivity index (χ0v) is 17.2. The van der Waals surface area contributed by atoms with Crippen LogP contribution in [0.25, 0.3) is 0 Å². The van der Waals surface area contributed by atoms with E-state index in [1.807, 2.05) is 0 Å². The number of hydrogen-bond donors (Lipinski definition) is 1. The Bertz CT molecular complexity index is 880. The molecule has 8 heteroatoms. The Balaban J connectivity index is 1.47. The maximum atomic E-state index is 12.9. The van der Waals surface area contributed by atoms with E-state index in [0.717, 1.165) is 0 Å². The molecule has 0 aliphatic carbocycles. The SMILES string of the molecule is COc1cccc(C(=O)N2CCN(CCNC(=O)c3ccc(F)cc3)CC2)c1OC. The fraction of sp³-hybridized carbons (Fsp3) is 0.364. The average Bonchev–Trinajstić information content (AvgIpc) is 2.78. The van der Waals surface area contributed by atoms with Gasteiger partial charge in [0.1, 0.15) is 5.82 Å². The Morgan fingerprint density at radius 1 is 1.00 bits per heavy atom. The van der Waals surface area contributed by atoms with Gasteiger partial charge in [-0.05, 0) is 36.4 Å². The Morgan fingerprint density at radius 3 is 2.33 bits per heavy atom. The molecule has 0 atom stereocenters. The summed E-state index contributed by atoms with van der Waals surface area (Å²) >= 11 is 0. The lowest BCUT2D eigenvalue weighted by molar-refractivity contribution is 0.0634. The molecule has 0 radical (unpaired) electrons. The molecule has 0 spiro atoms. The minimum Gasteiger partial charge on any atom is -0.493 e. The molecule has 1 saturated heterocycles. The van der Waals surface area contributed by atoms with Gasteiger partial charge in [-0.3, -0.25) is 14.5 Å². The molecule has 1 aliphatic rings. The summed E-state index contributed by atoms with van der Waals surface area (Å²) in [5.41, 5.74) is 0.913. The number of piperazine rings is 1. The van der Waals surface area contributed by atoms with Gasteiger partial charge in [0.25, 0.3) is 11.8 Å². The largest absolute Gasteiger partial charge is 0.493 e. The Kier molecular flexibility index (Phi) is 7.24. The van der Waals surface area contributed by atoms with Crippen LogP contribution in [0.15, 0.2) is 42.5 Å². The lowest BCUT2D eigenvalue weighted by Gasteiger charge is -2.35. The first-order valence-corrected chi connectivity index (χ1v) is 9.80. The number of amides is 2. The lowest BCUT2D eigenvalue weighted by Crippen LogP contribution is -2.50. The molecule has 0 unspecified atom stereocenters. The van der Waals surface area contributed by atoms with E-state index in [0.29, 0.717) is 61.9 Å². The van der Waals surface area contributed by atoms with E-state index in [1.165, 1.54) is 31.4 Å². The van der Waals surface area contributed by atoms with Gasteiger partial charge >= 0.3 is 0 Å². The second kappa shape index (κ2) is 10.1. The Hall–Kier alpha value is -3.13. The van der Waals surface area contributed by atoms with Crippen LogP contribution in [0.4, 0.5) is 4.39 Å². The van der Waals surface area contributed by atoms with Gasteiger partial charge in [0.15, 0.2) is 11.5 Å². The van der Waals surface area contributed by atoms with Gasteiger partial charge in [0, 0.05) is 44.8 Å². The van der Waals surface area contributed by atoms with Crippen LogP contribution in [0.3, 0.4) is 0 Å². The Labute approximate surface area is 175 Å². The van der Waals surface area contributed by atoms with Gasteiger partial charge in [0.2, 0.25) is 0 Å². The summed E-state index contributed by atoms with van der Waals surface area (Å²) in [5, 5.41) is 2.84. The van der Waals surface area contributed by atoms with Crippen LogP contribution in [0.5, 0.6) is 11.5 Å². The molecule has 2 aromatic carbocycles. The van der Waals surface area contributed by atoms with E-state index < -0.39 is 0 Å². The molecule has 1 heterocycles. The molecule has 3 rings (SSSR count). The quantitative estimate of drug-likeness (QED) is 0.749. The Morgan fingerprint density at radius 2 is 1.70 bits per heavy atom. The van der Waals surface area contributed by atoms with Gasteiger partial charge in [-0.2, -0.15) is 0 Å². The molecule has 1 N–H and O–H groups in total. The number of carbonyl (C=O) groups is 2. The first-order valence-electron chi connectivity index (χ1n) is 9.80. The van der Waals surface area contributed by atoms with Gasteiger partial charge in [-0.15, -0.1) is 0 Å². The summed E-state index contributed by atoms with van der Waals surface area (Å²) in [4.78, 5) is 29.0. The summed E-state index contributed by atoms with van der Waals surface area (Å²) in [6.07, 6.45) is 0. The molecule has 30 heavy (non-hydrogen) atoms. The smallest absolute Gasteiger partial charge is 0.257 e. The highest BCUT2D eigenvalue weighted by atomic mass is 19.1. The molecular formula is C22H26FN3O4. The fourth-order valence-electron chi connectivity index (χ4n) is 3.43. The van der Waals surface area contributed by atoms with Crippen molar-refractivity contribution in [2.75, 3.05) is 53.5 Å². The molecule has 2 aromatic rings. The van der Waals surface area contributed by atoms with Crippen molar-refractivity contribution in [3.8, 4) is 11.5 Å². The standard InChI is InChI=1S/C22H26FN3O4/c1-29-19-5-3-4-18(20(19)30-2)22(28)26-14-12-25(13-15-26)11-10-24-21(27)16-6-8-17(23)9-7-16/h3-9H,10-15H2,1-2H3,(H,24,27). The number of benzene rings is 2. The molecule has 2 amide bonds. The van der Waals surface area contributed by atoms with Crippen molar-refractivity contribution in [2.24, 2.45) is 0 Å². The van der Waals surface area contributed by atoms with Crippen LogP contribution in [0.2, 0.25) is 0 Å². The maximum Gasteiger partial charge on any atom is 0.257 e. The van der Waals surface area contributed by atoms with Crippen molar-refractivity contribution in [3.63, 3.8) is 0 Å². The predicted molar refractivity (Wildman–Crippen MR) is 111 cm³/mol. The molecule has 0 bridgehead atoms. The number of methoxy groups -OCH3 is 2. The second-order valence-electron chi connectivity index (χ2n) is 6.94. The third-order valence-electron chi connectivity index (χ3n) is 5.11. The van der Waals surface area contributed by atoms with E-state index in [9.17, 15) is 14.0 Å². The van der Waals surface area contributed by atoms with E-state index in [-0.39, 0.29) is 17.6 Å². The monoisotopic (exact) mass is 415 g/mol. The lowest BCUT2D eigenvalue weighted by atomic mass is 10.1. The first-order chi connectivity index (χ1) is 14.5. The summed E-state index contributed by atoms with van der Waals surface area (Å²) in [7, 11) is 3.06. The molecule has 1 fully saturated rings. The van der Waals surface area contributed by atoms with Gasteiger partial charge < -0.3 is 19.7 Å². The van der Waals surface area contributed by atoms with Crippen molar-refractivity contribution in [1.29, 1.82) is 0 Å². The minimum absolute atomic E-state index is 0.0880. The van der Waals surface area contributed by atoms with Gasteiger partial charge in [0.05, 0.1) is 19.8 Å². The topological polar surface area (TPSA) is 71.1 Å². The number of nitrogens with zero attached hydrogens (tertiary/aromatic N) is 2. The van der Waals surface area contributed by atoms with Crippen LogP contribution in [0, 0.1) is 5.82 Å². The number of halogens is 1. The summed E-state index contributed by atoms with van der Waals surface area (Å²) < 4.78 is 23.6. The molecule has 0 saturated carbocycles. The van der Waals surface area contributed by atoms with Crippen molar-refractivity contribution < 1.29 is 23.5 Å². The van der Waals surface area contributed by atoms with Crippen LogP contribution >= 0.6 is 0 Å². The maximum absolute atomic E-state index is 12.9. The fourth-order valence-corrected chi connectivity index (χ4v) is 3.43. The third-order valence-corrected chi connectivity index (χ3v) is 5.11. The number of para-hydroxylation sites is 1. The van der Waals surface area contributed by atoms with Crippen molar-refractivity contribution in [2.45, 2.75) is 0 Å². The number of nitrogens with one attached hydrogen (secondary N) is 1. The highest BCUT2D eigenvalue weighted by molar-refractivity contribution is 5.98. The summed E-state index contributed by atoms with van der Waals surface area (Å²) in [6, 6.07) is 10.7. The number of carbonyl (C=O) groups excluding carboxylic acids is 2. The van der Waals surface area contributed by atoms with Crippen LogP contribution in [-0.2, 0) is 0 Å². The zero-order valence-electron chi connectivity index (χ0n) is 17.2. The van der Waals surface area contributed by atoms with Gasteiger partial charge in [-0.1, -0.05) is 6.07 Å². The number of ether oxygens (including phenoxy) is 2. The molecular weight excluding hydrogens is 389 g/mol. The minimum atomic E-state index is -0.370. The zero-order chi connectivity index (χ0) is 21.5. The molecule has 160 valence electrons. The van der Waals surface area contributed by atoms with Crippen LogP contribution < -0.4 is 14.8 Å². The van der Waals surface area contributed by atoms with E-state index in [4.69, 9.17) is 9.47 Å². The van der Waals surface area contributed by atoms with Crippen molar-refractivity contribution >= 4 is 11.8 Å². The normalized spacial score (nSPS) is 14.3. The van der Waals surface area contributed by atoms with Crippen LogP contribution in [-0.4, -0.2) is 75.1 Å². The summed E-state index contributed by atoms with van der Waals surface area (Å²) in [5.74, 6) is 0.282. The summed E-state index contributed by atoms with van der Waals surface area (Å²) in [6.45, 7) is 3.76. The van der Waals surface area contributed by atoms with E-state index >= 15 is 0 Å². The molecule has 1 aliphatic heterocycles. The molecule has 0 aromatic heterocycles. The highest BCUT2D eigenvalue weighted by Crippen LogP contribution is 2.31. The van der Waals surface area contributed by atoms with E-state index in [2.05, 4.69) is 10.2 Å². The number of rotatable bonds is 7. The van der Waals surface area contributed by atoms with Crippen molar-refractivity contribution in [3.05, 3.63) is 59.4 Å².